The molecule has 0 amide bonds. The third-order valence-corrected chi connectivity index (χ3v) is 5.59. The van der Waals surface area contributed by atoms with Gasteiger partial charge in [-0.05, 0) is 68.7 Å². The summed E-state index contributed by atoms with van der Waals surface area (Å²) >= 11 is 5.48. The van der Waals surface area contributed by atoms with E-state index >= 15 is 0 Å². The number of methoxy groups -OCH3 is 1. The van der Waals surface area contributed by atoms with Gasteiger partial charge in [-0.15, -0.1) is 0 Å². The number of ether oxygens (including phenoxy) is 2. The molecule has 0 spiro atoms. The van der Waals surface area contributed by atoms with Gasteiger partial charge >= 0.3 is 0 Å². The van der Waals surface area contributed by atoms with E-state index in [0.29, 0.717) is 12.1 Å². The fourth-order valence-corrected chi connectivity index (χ4v) is 3.94. The summed E-state index contributed by atoms with van der Waals surface area (Å²) in [5, 5.41) is 7.45. The number of piperidine rings is 1. The van der Waals surface area contributed by atoms with Gasteiger partial charge in [0.1, 0.15) is 5.75 Å². The quantitative estimate of drug-likeness (QED) is 0.713. The van der Waals surface area contributed by atoms with Gasteiger partial charge in [-0.25, -0.2) is 0 Å². The molecule has 2 aliphatic heterocycles. The molecule has 0 radical (unpaired) electrons. The molecule has 2 N–H and O–H groups in total. The highest BCUT2D eigenvalue weighted by Gasteiger charge is 2.23. The van der Waals surface area contributed by atoms with E-state index in [2.05, 4.69) is 27.7 Å². The van der Waals surface area contributed by atoms with E-state index in [4.69, 9.17) is 21.7 Å². The molecule has 1 aromatic carbocycles. The molecule has 0 aliphatic carbocycles. The van der Waals surface area contributed by atoms with Crippen LogP contribution in [-0.4, -0.2) is 56.0 Å². The van der Waals surface area contributed by atoms with Crippen LogP contribution in [0.2, 0.25) is 0 Å². The second-order valence-corrected chi connectivity index (χ2v) is 7.52. The highest BCUT2D eigenvalue weighted by atomic mass is 32.1. The van der Waals surface area contributed by atoms with Crippen LogP contribution in [0.15, 0.2) is 24.3 Å². The van der Waals surface area contributed by atoms with Crippen molar-refractivity contribution in [1.29, 1.82) is 0 Å². The number of nitrogens with zero attached hydrogens (tertiary/aromatic N) is 1. The first kappa shape index (κ1) is 19.4. The van der Waals surface area contributed by atoms with Crippen LogP contribution in [0, 0.1) is 0 Å². The van der Waals surface area contributed by atoms with Crippen molar-refractivity contribution in [1.82, 2.24) is 15.5 Å². The number of thiocarbonyl (C=S) groups is 1. The minimum atomic E-state index is 0.300. The second kappa shape index (κ2) is 10.1. The molecule has 6 heteroatoms. The average molecular weight is 378 g/mol. The maximum atomic E-state index is 5.65. The third kappa shape index (κ3) is 5.56. The van der Waals surface area contributed by atoms with Gasteiger partial charge < -0.3 is 20.1 Å². The Kier molecular flexibility index (Phi) is 7.53. The molecule has 0 aromatic heterocycles. The molecule has 0 bridgehead atoms. The molecule has 0 saturated carbocycles. The Morgan fingerprint density at radius 1 is 1.19 bits per heavy atom. The Balaban J connectivity index is 1.56. The Bertz CT molecular complexity index is 555. The van der Waals surface area contributed by atoms with Crippen molar-refractivity contribution < 1.29 is 9.47 Å². The Morgan fingerprint density at radius 2 is 1.96 bits per heavy atom. The van der Waals surface area contributed by atoms with E-state index in [0.717, 1.165) is 56.5 Å². The zero-order valence-electron chi connectivity index (χ0n) is 15.7. The maximum absolute atomic E-state index is 5.65. The van der Waals surface area contributed by atoms with Gasteiger partial charge in [-0.1, -0.05) is 18.6 Å². The van der Waals surface area contributed by atoms with Crippen molar-refractivity contribution in [2.45, 2.75) is 44.2 Å². The molecule has 2 fully saturated rings. The Labute approximate surface area is 162 Å². The average Bonchev–Trinajstić information content (AvgIpc) is 3.21. The van der Waals surface area contributed by atoms with E-state index in [1.165, 1.54) is 24.8 Å². The van der Waals surface area contributed by atoms with Crippen LogP contribution >= 0.6 is 12.2 Å². The molecule has 144 valence electrons. The van der Waals surface area contributed by atoms with Crippen LogP contribution < -0.4 is 15.4 Å². The van der Waals surface area contributed by atoms with Crippen LogP contribution in [0.1, 0.15) is 43.7 Å². The SMILES string of the molecule is COc1ccc(C(CNC(=S)NCC2CCCO2)N2CCCCC2)cc1. The fourth-order valence-electron chi connectivity index (χ4n) is 3.78. The first-order valence-electron chi connectivity index (χ1n) is 9.77. The number of nitrogens with one attached hydrogen (secondary N) is 2. The van der Waals surface area contributed by atoms with E-state index in [-0.39, 0.29) is 0 Å². The molecule has 1 aromatic rings. The van der Waals surface area contributed by atoms with E-state index in [1.807, 2.05) is 12.1 Å². The van der Waals surface area contributed by atoms with Gasteiger partial charge in [0.15, 0.2) is 5.11 Å². The van der Waals surface area contributed by atoms with E-state index in [9.17, 15) is 0 Å². The van der Waals surface area contributed by atoms with E-state index in [1.54, 1.807) is 7.11 Å². The lowest BCUT2D eigenvalue weighted by Crippen LogP contribution is -2.45. The van der Waals surface area contributed by atoms with Crippen LogP contribution in [0.25, 0.3) is 0 Å². The van der Waals surface area contributed by atoms with Crippen molar-refractivity contribution in [2.24, 2.45) is 0 Å². The first-order chi connectivity index (χ1) is 12.8. The molecule has 26 heavy (non-hydrogen) atoms. The molecular formula is C20H31N3O2S. The number of hydrogen-bond donors (Lipinski definition) is 2. The monoisotopic (exact) mass is 377 g/mol. The molecule has 2 aliphatic rings. The predicted molar refractivity (Wildman–Crippen MR) is 109 cm³/mol. The van der Waals surface area contributed by atoms with Crippen molar-refractivity contribution >= 4 is 17.3 Å². The number of likely N-dealkylation sites (tertiary alicyclic amines) is 1. The van der Waals surface area contributed by atoms with Crippen molar-refractivity contribution in [3.8, 4) is 5.75 Å². The summed E-state index contributed by atoms with van der Waals surface area (Å²) in [6, 6.07) is 8.75. The summed E-state index contributed by atoms with van der Waals surface area (Å²) in [6.07, 6.45) is 6.46. The van der Waals surface area contributed by atoms with E-state index < -0.39 is 0 Å². The summed E-state index contributed by atoms with van der Waals surface area (Å²) in [7, 11) is 1.71. The van der Waals surface area contributed by atoms with Crippen LogP contribution in [0.3, 0.4) is 0 Å². The van der Waals surface area contributed by atoms with Crippen LogP contribution in [0.5, 0.6) is 5.75 Å². The molecule has 2 saturated heterocycles. The molecular weight excluding hydrogens is 346 g/mol. The lowest BCUT2D eigenvalue weighted by atomic mass is 10.0. The minimum absolute atomic E-state index is 0.300. The zero-order valence-corrected chi connectivity index (χ0v) is 16.5. The largest absolute Gasteiger partial charge is 0.497 e. The summed E-state index contributed by atoms with van der Waals surface area (Å²) < 4.78 is 10.9. The Hall–Kier alpha value is -1.37. The highest BCUT2D eigenvalue weighted by Crippen LogP contribution is 2.25. The van der Waals surface area contributed by atoms with Gasteiger partial charge in [-0.3, -0.25) is 4.90 Å². The molecule has 2 unspecified atom stereocenters. The molecule has 3 rings (SSSR count). The number of hydrogen-bond acceptors (Lipinski definition) is 4. The summed E-state index contributed by atoms with van der Waals surface area (Å²) in [4.78, 5) is 2.57. The van der Waals surface area contributed by atoms with Crippen LogP contribution in [-0.2, 0) is 4.74 Å². The summed E-state index contributed by atoms with van der Waals surface area (Å²) in [5.74, 6) is 0.896. The first-order valence-corrected chi connectivity index (χ1v) is 10.2. The summed E-state index contributed by atoms with van der Waals surface area (Å²) in [5.41, 5.74) is 1.31. The standard InChI is InChI=1S/C20H31N3O2S/c1-24-17-9-7-16(8-10-17)19(23-11-3-2-4-12-23)15-22-20(26)21-14-18-6-5-13-25-18/h7-10,18-19H,2-6,11-15H2,1H3,(H2,21,22,26). The number of rotatable bonds is 7. The van der Waals surface area contributed by atoms with Crippen molar-refractivity contribution in [3.63, 3.8) is 0 Å². The normalized spacial score (nSPS) is 22.0. The highest BCUT2D eigenvalue weighted by molar-refractivity contribution is 7.80. The second-order valence-electron chi connectivity index (χ2n) is 7.11. The topological polar surface area (TPSA) is 45.8 Å². The van der Waals surface area contributed by atoms with Crippen LogP contribution in [0.4, 0.5) is 0 Å². The van der Waals surface area contributed by atoms with Gasteiger partial charge in [-0.2, -0.15) is 0 Å². The maximum Gasteiger partial charge on any atom is 0.166 e. The van der Waals surface area contributed by atoms with Gasteiger partial charge in [0.2, 0.25) is 0 Å². The summed E-state index contributed by atoms with van der Waals surface area (Å²) in [6.45, 7) is 4.77. The number of benzene rings is 1. The molecule has 5 nitrogen and oxygen atoms in total. The van der Waals surface area contributed by atoms with Gasteiger partial charge in [0.05, 0.1) is 19.3 Å². The third-order valence-electron chi connectivity index (χ3n) is 5.30. The van der Waals surface area contributed by atoms with Gasteiger partial charge in [0.25, 0.3) is 0 Å². The van der Waals surface area contributed by atoms with Gasteiger partial charge in [0, 0.05) is 19.7 Å². The smallest absolute Gasteiger partial charge is 0.166 e. The molecule has 2 atom stereocenters. The van der Waals surface area contributed by atoms with Crippen molar-refractivity contribution in [2.75, 3.05) is 39.9 Å². The minimum Gasteiger partial charge on any atom is -0.497 e. The zero-order chi connectivity index (χ0) is 18.2. The lowest BCUT2D eigenvalue weighted by molar-refractivity contribution is 0.114. The lowest BCUT2D eigenvalue weighted by Gasteiger charge is -2.35. The molecule has 2 heterocycles. The Morgan fingerprint density at radius 3 is 2.62 bits per heavy atom. The fraction of sp³-hybridized carbons (Fsp3) is 0.650. The predicted octanol–water partition coefficient (Wildman–Crippen LogP) is 2.87. The van der Waals surface area contributed by atoms with Crippen molar-refractivity contribution in [3.05, 3.63) is 29.8 Å².